The van der Waals surface area contributed by atoms with Gasteiger partial charge in [0.2, 0.25) is 0 Å². The predicted molar refractivity (Wildman–Crippen MR) is 72.4 cm³/mol. The van der Waals surface area contributed by atoms with Gasteiger partial charge in [0.05, 0.1) is 6.10 Å². The number of halogens is 1. The number of hydrogen-bond acceptors (Lipinski definition) is 2. The first kappa shape index (κ1) is 13.3. The second kappa shape index (κ2) is 6.19. The van der Waals surface area contributed by atoms with Crippen LogP contribution in [0.5, 0.6) is 0 Å². The Balaban J connectivity index is 1.96. The summed E-state index contributed by atoms with van der Waals surface area (Å²) in [6.07, 6.45) is 4.73. The number of ether oxygens (including phenoxy) is 1. The number of nitrogens with one attached hydrogen (secondary N) is 1. The number of hydrogen-bond donors (Lipinski definition) is 1. The molecule has 1 aromatic rings. The highest BCUT2D eigenvalue weighted by molar-refractivity contribution is 5.51. The lowest BCUT2D eigenvalue weighted by Gasteiger charge is -2.31. The summed E-state index contributed by atoms with van der Waals surface area (Å²) in [5.74, 6) is -0.172. The fourth-order valence-electron chi connectivity index (χ4n) is 2.54. The van der Waals surface area contributed by atoms with Crippen molar-refractivity contribution in [2.24, 2.45) is 0 Å². The highest BCUT2D eigenvalue weighted by Gasteiger charge is 2.22. The average molecular weight is 251 g/mol. The SMILES string of the molecule is CCCC1CC(Nc2ccc(F)cc2C)CCO1. The second-order valence-electron chi connectivity index (χ2n) is 5.11. The molecule has 0 spiro atoms. The third kappa shape index (κ3) is 3.45. The Labute approximate surface area is 109 Å². The van der Waals surface area contributed by atoms with E-state index in [1.54, 1.807) is 6.07 Å². The minimum Gasteiger partial charge on any atom is -0.382 e. The van der Waals surface area contributed by atoms with Gasteiger partial charge in [-0.15, -0.1) is 0 Å². The van der Waals surface area contributed by atoms with E-state index in [0.29, 0.717) is 12.1 Å². The van der Waals surface area contributed by atoms with E-state index in [0.717, 1.165) is 43.5 Å². The molecule has 1 heterocycles. The summed E-state index contributed by atoms with van der Waals surface area (Å²) in [5.41, 5.74) is 2.01. The fourth-order valence-corrected chi connectivity index (χ4v) is 2.54. The zero-order valence-electron chi connectivity index (χ0n) is 11.2. The molecule has 0 bridgehead atoms. The molecule has 18 heavy (non-hydrogen) atoms. The van der Waals surface area contributed by atoms with Gasteiger partial charge >= 0.3 is 0 Å². The lowest BCUT2D eigenvalue weighted by Crippen LogP contribution is -2.34. The monoisotopic (exact) mass is 251 g/mol. The molecule has 1 aromatic carbocycles. The van der Waals surface area contributed by atoms with Gasteiger partial charge < -0.3 is 10.1 Å². The van der Waals surface area contributed by atoms with Gasteiger partial charge in [0, 0.05) is 18.3 Å². The molecule has 1 aliphatic rings. The maximum atomic E-state index is 13.0. The fraction of sp³-hybridized carbons (Fsp3) is 0.600. The Morgan fingerprint density at radius 3 is 3.00 bits per heavy atom. The van der Waals surface area contributed by atoms with Crippen molar-refractivity contribution < 1.29 is 9.13 Å². The van der Waals surface area contributed by atoms with Gasteiger partial charge in [-0.05, 0) is 49.9 Å². The zero-order valence-corrected chi connectivity index (χ0v) is 11.2. The summed E-state index contributed by atoms with van der Waals surface area (Å²) >= 11 is 0. The molecule has 0 aromatic heterocycles. The Hall–Kier alpha value is -1.09. The van der Waals surface area contributed by atoms with Crippen LogP contribution < -0.4 is 5.32 Å². The second-order valence-corrected chi connectivity index (χ2v) is 5.11. The first-order chi connectivity index (χ1) is 8.69. The molecule has 0 aliphatic carbocycles. The lowest BCUT2D eigenvalue weighted by molar-refractivity contribution is 0.00597. The lowest BCUT2D eigenvalue weighted by atomic mass is 9.99. The van der Waals surface area contributed by atoms with Crippen LogP contribution in [0.25, 0.3) is 0 Å². The summed E-state index contributed by atoms with van der Waals surface area (Å²) in [6, 6.07) is 5.36. The molecule has 100 valence electrons. The molecule has 3 heteroatoms. The molecule has 2 nitrogen and oxygen atoms in total. The maximum absolute atomic E-state index is 13.0. The van der Waals surface area contributed by atoms with E-state index < -0.39 is 0 Å². The van der Waals surface area contributed by atoms with Crippen LogP contribution in [0.15, 0.2) is 18.2 Å². The summed E-state index contributed by atoms with van der Waals surface area (Å²) in [5, 5.41) is 3.52. The van der Waals surface area contributed by atoms with Gasteiger partial charge in [0.15, 0.2) is 0 Å². The zero-order chi connectivity index (χ0) is 13.0. The molecule has 2 rings (SSSR count). The molecule has 1 aliphatic heterocycles. The largest absolute Gasteiger partial charge is 0.382 e. The summed E-state index contributed by atoms with van der Waals surface area (Å²) in [6.45, 7) is 4.95. The van der Waals surface area contributed by atoms with Crippen molar-refractivity contribution in [3.8, 4) is 0 Å². The smallest absolute Gasteiger partial charge is 0.123 e. The quantitative estimate of drug-likeness (QED) is 0.876. The third-order valence-corrected chi connectivity index (χ3v) is 3.53. The van der Waals surface area contributed by atoms with E-state index in [-0.39, 0.29) is 5.82 Å². The van der Waals surface area contributed by atoms with Crippen LogP contribution in [0, 0.1) is 12.7 Å². The number of benzene rings is 1. The molecule has 0 radical (unpaired) electrons. The van der Waals surface area contributed by atoms with Gasteiger partial charge in [-0.1, -0.05) is 13.3 Å². The molecule has 2 unspecified atom stereocenters. The first-order valence-electron chi connectivity index (χ1n) is 6.83. The topological polar surface area (TPSA) is 21.3 Å². The van der Waals surface area contributed by atoms with Crippen LogP contribution in [-0.4, -0.2) is 18.8 Å². The van der Waals surface area contributed by atoms with Crippen molar-refractivity contribution in [2.75, 3.05) is 11.9 Å². The number of anilines is 1. The van der Waals surface area contributed by atoms with Gasteiger partial charge in [0.25, 0.3) is 0 Å². The van der Waals surface area contributed by atoms with Gasteiger partial charge in [-0.2, -0.15) is 0 Å². The Morgan fingerprint density at radius 2 is 2.28 bits per heavy atom. The van der Waals surface area contributed by atoms with Crippen LogP contribution in [0.1, 0.15) is 38.2 Å². The molecule has 0 saturated carbocycles. The van der Waals surface area contributed by atoms with Crippen LogP contribution in [-0.2, 0) is 4.74 Å². The summed E-state index contributed by atoms with van der Waals surface area (Å²) < 4.78 is 18.8. The average Bonchev–Trinajstić information content (AvgIpc) is 2.34. The first-order valence-corrected chi connectivity index (χ1v) is 6.83. The van der Waals surface area contributed by atoms with Crippen LogP contribution in [0.2, 0.25) is 0 Å². The summed E-state index contributed by atoms with van der Waals surface area (Å²) in [4.78, 5) is 0. The Kier molecular flexibility index (Phi) is 4.59. The van der Waals surface area contributed by atoms with Crippen molar-refractivity contribution in [1.29, 1.82) is 0 Å². The predicted octanol–water partition coefficient (Wildman–Crippen LogP) is 3.89. The standard InChI is InChI=1S/C15H22FNO/c1-3-4-14-10-13(7-8-18-14)17-15-6-5-12(16)9-11(15)2/h5-6,9,13-14,17H,3-4,7-8,10H2,1-2H3. The number of aryl methyl sites for hydroxylation is 1. The molecule has 1 N–H and O–H groups in total. The van der Waals surface area contributed by atoms with E-state index in [9.17, 15) is 4.39 Å². The Morgan fingerprint density at radius 1 is 1.44 bits per heavy atom. The van der Waals surface area contributed by atoms with Crippen molar-refractivity contribution in [2.45, 2.75) is 51.7 Å². The normalized spacial score (nSPS) is 23.9. The molecular formula is C15H22FNO. The van der Waals surface area contributed by atoms with Crippen molar-refractivity contribution in [3.05, 3.63) is 29.6 Å². The van der Waals surface area contributed by atoms with Gasteiger partial charge in [-0.3, -0.25) is 0 Å². The maximum Gasteiger partial charge on any atom is 0.123 e. The van der Waals surface area contributed by atoms with Crippen LogP contribution in [0.3, 0.4) is 0 Å². The molecule has 1 fully saturated rings. The summed E-state index contributed by atoms with van der Waals surface area (Å²) in [7, 11) is 0. The third-order valence-electron chi connectivity index (χ3n) is 3.53. The van der Waals surface area contributed by atoms with Crippen molar-refractivity contribution in [1.82, 2.24) is 0 Å². The molecular weight excluding hydrogens is 229 g/mol. The van der Waals surface area contributed by atoms with E-state index in [4.69, 9.17) is 4.74 Å². The molecule has 2 atom stereocenters. The number of rotatable bonds is 4. The highest BCUT2D eigenvalue weighted by atomic mass is 19.1. The van der Waals surface area contributed by atoms with E-state index >= 15 is 0 Å². The van der Waals surface area contributed by atoms with E-state index in [1.165, 1.54) is 6.07 Å². The molecule has 0 amide bonds. The van der Waals surface area contributed by atoms with Crippen LogP contribution >= 0.6 is 0 Å². The van der Waals surface area contributed by atoms with E-state index in [1.807, 2.05) is 13.0 Å². The molecule has 1 saturated heterocycles. The van der Waals surface area contributed by atoms with Gasteiger partial charge in [0.1, 0.15) is 5.82 Å². The minimum atomic E-state index is -0.172. The highest BCUT2D eigenvalue weighted by Crippen LogP contribution is 2.23. The van der Waals surface area contributed by atoms with Crippen molar-refractivity contribution in [3.63, 3.8) is 0 Å². The minimum absolute atomic E-state index is 0.172. The van der Waals surface area contributed by atoms with Gasteiger partial charge in [-0.25, -0.2) is 4.39 Å². The van der Waals surface area contributed by atoms with Crippen LogP contribution in [0.4, 0.5) is 10.1 Å². The van der Waals surface area contributed by atoms with Crippen molar-refractivity contribution >= 4 is 5.69 Å². The Bertz CT molecular complexity index is 392. The van der Waals surface area contributed by atoms with E-state index in [2.05, 4.69) is 12.2 Å².